The molecule has 0 fully saturated rings. The largest absolute Gasteiger partial charge is 0.452 e. The summed E-state index contributed by atoms with van der Waals surface area (Å²) in [5.74, 6) is -1.59. The molecular weight excluding hydrogens is 362 g/mol. The molecule has 0 saturated carbocycles. The summed E-state index contributed by atoms with van der Waals surface area (Å²) in [6.45, 7) is 2.79. The molecule has 2 N–H and O–H groups in total. The Morgan fingerprint density at radius 3 is 2.62 bits per heavy atom. The quantitative estimate of drug-likeness (QED) is 0.799. The second kappa shape index (κ2) is 7.20. The van der Waals surface area contributed by atoms with Gasteiger partial charge in [-0.25, -0.2) is 17.2 Å². The zero-order valence-corrected chi connectivity index (χ0v) is 15.3. The molecule has 0 heterocycles. The van der Waals surface area contributed by atoms with Crippen LogP contribution in [0.15, 0.2) is 30.3 Å². The maximum Gasteiger partial charge on any atom is 0.229 e. The number of hydrogen-bond donors (Lipinski definition) is 2. The van der Waals surface area contributed by atoms with Crippen LogP contribution in [0.1, 0.15) is 30.5 Å². The van der Waals surface area contributed by atoms with E-state index in [-0.39, 0.29) is 23.2 Å². The molecule has 2 aromatic carbocycles. The summed E-state index contributed by atoms with van der Waals surface area (Å²) in [6.07, 6.45) is 2.72. The molecule has 8 heteroatoms. The molecule has 2 aromatic rings. The van der Waals surface area contributed by atoms with Crippen molar-refractivity contribution in [2.45, 2.75) is 25.8 Å². The van der Waals surface area contributed by atoms with Gasteiger partial charge in [-0.15, -0.1) is 0 Å². The van der Waals surface area contributed by atoms with E-state index in [2.05, 4.69) is 10.0 Å². The highest BCUT2D eigenvalue weighted by molar-refractivity contribution is 7.92. The number of ether oxygens (including phenoxy) is 1. The minimum atomic E-state index is -3.55. The zero-order chi connectivity index (χ0) is 18.9. The van der Waals surface area contributed by atoms with E-state index in [0.29, 0.717) is 6.07 Å². The van der Waals surface area contributed by atoms with E-state index >= 15 is 0 Å². The summed E-state index contributed by atoms with van der Waals surface area (Å²) in [7, 11) is -3.55. The zero-order valence-electron chi connectivity index (χ0n) is 14.5. The number of rotatable bonds is 6. The molecular formula is C18H20F2N2O3S. The van der Waals surface area contributed by atoms with Gasteiger partial charge in [-0.3, -0.25) is 4.72 Å². The summed E-state index contributed by atoms with van der Waals surface area (Å²) in [5, 5.41) is 3.36. The Morgan fingerprint density at radius 2 is 1.96 bits per heavy atom. The molecule has 0 bridgehead atoms. The standard InChI is InChI=1S/C18H20F2N2O3S/c1-3-21-15-6-4-11-8-16(22-26(2,23)24)18(10-13(11)15)25-17-7-5-12(19)9-14(17)20/h5,7-10,15,21-22H,3-4,6H2,1-2H3. The molecule has 5 nitrogen and oxygen atoms in total. The van der Waals surface area contributed by atoms with Crippen molar-refractivity contribution in [3.8, 4) is 11.5 Å². The Hall–Kier alpha value is -2.19. The maximum absolute atomic E-state index is 14.0. The van der Waals surface area contributed by atoms with Gasteiger partial charge >= 0.3 is 0 Å². The van der Waals surface area contributed by atoms with E-state index in [9.17, 15) is 17.2 Å². The lowest BCUT2D eigenvalue weighted by Crippen LogP contribution is -2.18. The summed E-state index contributed by atoms with van der Waals surface area (Å²) < 4.78 is 58.4. The van der Waals surface area contributed by atoms with E-state index in [1.54, 1.807) is 12.1 Å². The third-order valence-electron chi connectivity index (χ3n) is 4.18. The van der Waals surface area contributed by atoms with Gasteiger partial charge in [0.1, 0.15) is 5.82 Å². The van der Waals surface area contributed by atoms with Gasteiger partial charge in [-0.05, 0) is 54.8 Å². The molecule has 0 aromatic heterocycles. The van der Waals surface area contributed by atoms with Crippen LogP contribution in [-0.4, -0.2) is 21.2 Å². The van der Waals surface area contributed by atoms with Crippen LogP contribution in [0.25, 0.3) is 0 Å². The van der Waals surface area contributed by atoms with Gasteiger partial charge in [0.25, 0.3) is 0 Å². The first-order valence-corrected chi connectivity index (χ1v) is 10.2. The van der Waals surface area contributed by atoms with Crippen molar-refractivity contribution >= 4 is 15.7 Å². The van der Waals surface area contributed by atoms with Crippen molar-refractivity contribution in [3.05, 3.63) is 53.1 Å². The Labute approximate surface area is 151 Å². The van der Waals surface area contributed by atoms with Gasteiger partial charge in [0.15, 0.2) is 17.3 Å². The van der Waals surface area contributed by atoms with Crippen molar-refractivity contribution < 1.29 is 21.9 Å². The number of hydrogen-bond acceptors (Lipinski definition) is 4. The van der Waals surface area contributed by atoms with E-state index in [0.717, 1.165) is 42.8 Å². The number of sulfonamides is 1. The van der Waals surface area contributed by atoms with Crippen molar-refractivity contribution in [2.75, 3.05) is 17.5 Å². The lowest BCUT2D eigenvalue weighted by Gasteiger charge is -2.17. The Balaban J connectivity index is 2.04. The minimum Gasteiger partial charge on any atom is -0.452 e. The first-order chi connectivity index (χ1) is 12.3. The summed E-state index contributed by atoms with van der Waals surface area (Å²) in [5.41, 5.74) is 2.23. The van der Waals surface area contributed by atoms with Crippen molar-refractivity contribution in [1.82, 2.24) is 5.32 Å². The Morgan fingerprint density at radius 1 is 1.19 bits per heavy atom. The van der Waals surface area contributed by atoms with Crippen LogP contribution in [-0.2, 0) is 16.4 Å². The average molecular weight is 382 g/mol. The number of anilines is 1. The summed E-state index contributed by atoms with van der Waals surface area (Å²) in [4.78, 5) is 0. The van der Waals surface area contributed by atoms with E-state index in [4.69, 9.17) is 4.74 Å². The van der Waals surface area contributed by atoms with E-state index in [1.807, 2.05) is 6.92 Å². The Bertz CT molecular complexity index is 932. The predicted molar refractivity (Wildman–Crippen MR) is 96.1 cm³/mol. The summed E-state index contributed by atoms with van der Waals surface area (Å²) >= 11 is 0. The van der Waals surface area contributed by atoms with Crippen LogP contribution in [0.2, 0.25) is 0 Å². The minimum absolute atomic E-state index is 0.127. The first-order valence-electron chi connectivity index (χ1n) is 8.27. The normalized spacial score (nSPS) is 16.4. The second-order valence-electron chi connectivity index (χ2n) is 6.25. The number of nitrogens with one attached hydrogen (secondary N) is 2. The molecule has 0 aliphatic heterocycles. The van der Waals surface area contributed by atoms with Crippen LogP contribution in [0.5, 0.6) is 11.5 Å². The summed E-state index contributed by atoms with van der Waals surface area (Å²) in [6, 6.07) is 6.52. The third kappa shape index (κ3) is 4.13. The molecule has 1 unspecified atom stereocenters. The number of fused-ring (bicyclic) bond motifs is 1. The molecule has 140 valence electrons. The third-order valence-corrected chi connectivity index (χ3v) is 4.77. The van der Waals surface area contributed by atoms with Crippen molar-refractivity contribution in [1.29, 1.82) is 0 Å². The van der Waals surface area contributed by atoms with Crippen LogP contribution >= 0.6 is 0 Å². The molecule has 0 radical (unpaired) electrons. The molecule has 3 rings (SSSR count). The second-order valence-corrected chi connectivity index (χ2v) is 8.00. The smallest absolute Gasteiger partial charge is 0.229 e. The van der Waals surface area contributed by atoms with Crippen LogP contribution in [0, 0.1) is 11.6 Å². The average Bonchev–Trinajstić information content (AvgIpc) is 2.91. The van der Waals surface area contributed by atoms with Crippen LogP contribution in [0.4, 0.5) is 14.5 Å². The SMILES string of the molecule is CCNC1CCc2cc(NS(C)(=O)=O)c(Oc3ccc(F)cc3F)cc21. The predicted octanol–water partition coefficient (Wildman–Crippen LogP) is 3.73. The molecule has 1 aliphatic carbocycles. The van der Waals surface area contributed by atoms with E-state index in [1.165, 1.54) is 6.07 Å². The van der Waals surface area contributed by atoms with Gasteiger partial charge in [0.05, 0.1) is 11.9 Å². The van der Waals surface area contributed by atoms with Crippen molar-refractivity contribution in [3.63, 3.8) is 0 Å². The monoisotopic (exact) mass is 382 g/mol. The fourth-order valence-electron chi connectivity index (χ4n) is 3.14. The van der Waals surface area contributed by atoms with Gasteiger partial charge in [-0.2, -0.15) is 0 Å². The highest BCUT2D eigenvalue weighted by atomic mass is 32.2. The van der Waals surface area contributed by atoms with Crippen LogP contribution < -0.4 is 14.8 Å². The van der Waals surface area contributed by atoms with Gasteiger partial charge in [0.2, 0.25) is 10.0 Å². The highest BCUT2D eigenvalue weighted by Crippen LogP contribution is 2.40. The highest BCUT2D eigenvalue weighted by Gasteiger charge is 2.25. The lowest BCUT2D eigenvalue weighted by molar-refractivity contribution is 0.438. The molecule has 0 amide bonds. The van der Waals surface area contributed by atoms with Gasteiger partial charge < -0.3 is 10.1 Å². The van der Waals surface area contributed by atoms with Crippen molar-refractivity contribution in [2.24, 2.45) is 0 Å². The van der Waals surface area contributed by atoms with Gasteiger partial charge in [-0.1, -0.05) is 6.92 Å². The maximum atomic E-state index is 14.0. The number of benzene rings is 2. The van der Waals surface area contributed by atoms with Crippen LogP contribution in [0.3, 0.4) is 0 Å². The number of aryl methyl sites for hydroxylation is 1. The Kier molecular flexibility index (Phi) is 5.15. The number of halogens is 2. The molecule has 0 saturated heterocycles. The molecule has 1 aliphatic rings. The first kappa shape index (κ1) is 18.6. The van der Waals surface area contributed by atoms with E-state index < -0.39 is 21.7 Å². The fraction of sp³-hybridized carbons (Fsp3) is 0.333. The molecule has 26 heavy (non-hydrogen) atoms. The van der Waals surface area contributed by atoms with Gasteiger partial charge in [0, 0.05) is 12.1 Å². The molecule has 1 atom stereocenters. The lowest BCUT2D eigenvalue weighted by atomic mass is 10.1. The fourth-order valence-corrected chi connectivity index (χ4v) is 3.69. The topological polar surface area (TPSA) is 67.4 Å². The molecule has 0 spiro atoms.